The van der Waals surface area contributed by atoms with Crippen LogP contribution >= 0.6 is 0 Å². The third-order valence-corrected chi connectivity index (χ3v) is 4.60. The van der Waals surface area contributed by atoms with Crippen LogP contribution in [0.5, 0.6) is 0 Å². The van der Waals surface area contributed by atoms with Crippen LogP contribution in [-0.2, 0) is 28.6 Å². The average Bonchev–Trinajstić information content (AvgIpc) is 2.20. The Morgan fingerprint density at radius 1 is 0.833 bits per heavy atom. The fourth-order valence-corrected chi connectivity index (χ4v) is 4.04. The fraction of sp³-hybridized carbons (Fsp3) is 0.727. The van der Waals surface area contributed by atoms with Crippen molar-refractivity contribution in [1.82, 2.24) is 0 Å². The van der Waals surface area contributed by atoms with Gasteiger partial charge in [0.1, 0.15) is 0 Å². The van der Waals surface area contributed by atoms with Crippen molar-refractivity contribution in [1.29, 1.82) is 0 Å². The van der Waals surface area contributed by atoms with E-state index in [0.29, 0.717) is 10.6 Å². The van der Waals surface area contributed by atoms with Crippen LogP contribution in [0.1, 0.15) is 20.8 Å². The van der Waals surface area contributed by atoms with Crippen molar-refractivity contribution >= 4 is 32.9 Å². The monoisotopic (exact) mass is 324 g/mol. The van der Waals surface area contributed by atoms with Gasteiger partial charge in [0, 0.05) is 0 Å². The van der Waals surface area contributed by atoms with Gasteiger partial charge in [0.15, 0.2) is 0 Å². The summed E-state index contributed by atoms with van der Waals surface area (Å²) in [5.41, 5.74) is 0. The Hall–Kier alpha value is -1.07. The van der Waals surface area contributed by atoms with Crippen molar-refractivity contribution in [2.24, 2.45) is 0 Å². The maximum absolute atomic E-state index is 11.1. The van der Waals surface area contributed by atoms with Crippen molar-refractivity contribution in [3.8, 4) is 0 Å². The van der Waals surface area contributed by atoms with E-state index < -0.39 is 36.2 Å². The van der Waals surface area contributed by atoms with Gasteiger partial charge in [-0.3, -0.25) is 0 Å². The topological polar surface area (TPSA) is 78.9 Å². The SMILES string of the molecule is CC(=O)O[C@@H]1[C@@H](OC(C)=O)C[Se]C[C@H]1OC(C)=O. The molecule has 102 valence electrons. The molecule has 0 N–H and O–H groups in total. The fourth-order valence-electron chi connectivity index (χ4n) is 1.70. The van der Waals surface area contributed by atoms with Crippen LogP contribution < -0.4 is 0 Å². The van der Waals surface area contributed by atoms with Crippen LogP contribution in [0.25, 0.3) is 0 Å². The summed E-state index contributed by atoms with van der Waals surface area (Å²) in [6.45, 7) is 3.87. The molecule has 1 rings (SSSR count). The minimum absolute atomic E-state index is 0.191. The molecule has 0 aliphatic carbocycles. The molecule has 0 bridgehead atoms. The van der Waals surface area contributed by atoms with E-state index in [1.54, 1.807) is 0 Å². The molecule has 3 atom stereocenters. The van der Waals surface area contributed by atoms with E-state index in [-0.39, 0.29) is 15.0 Å². The Morgan fingerprint density at radius 3 is 1.56 bits per heavy atom. The predicted octanol–water partition coefficient (Wildman–Crippen LogP) is 0.336. The van der Waals surface area contributed by atoms with Crippen LogP contribution in [0.3, 0.4) is 0 Å². The zero-order valence-electron chi connectivity index (χ0n) is 10.5. The van der Waals surface area contributed by atoms with Crippen molar-refractivity contribution in [3.05, 3.63) is 0 Å². The zero-order valence-corrected chi connectivity index (χ0v) is 12.2. The molecule has 0 aromatic carbocycles. The van der Waals surface area contributed by atoms with Crippen molar-refractivity contribution in [2.45, 2.75) is 49.7 Å². The second kappa shape index (κ2) is 6.75. The van der Waals surface area contributed by atoms with E-state index in [1.165, 1.54) is 20.8 Å². The summed E-state index contributed by atoms with van der Waals surface area (Å²) in [4.78, 5) is 33.1. The van der Waals surface area contributed by atoms with Crippen LogP contribution in [0.2, 0.25) is 10.6 Å². The first-order chi connectivity index (χ1) is 8.40. The van der Waals surface area contributed by atoms with E-state index in [9.17, 15) is 14.4 Å². The Bertz CT molecular complexity index is 318. The number of ether oxygens (including phenoxy) is 3. The summed E-state index contributed by atoms with van der Waals surface area (Å²) in [6.07, 6.45) is -1.75. The summed E-state index contributed by atoms with van der Waals surface area (Å²) < 4.78 is 15.4. The maximum atomic E-state index is 11.1. The van der Waals surface area contributed by atoms with Crippen molar-refractivity contribution in [2.75, 3.05) is 0 Å². The Kier molecular flexibility index (Phi) is 5.62. The van der Waals surface area contributed by atoms with Gasteiger partial charge >= 0.3 is 111 Å². The summed E-state index contributed by atoms with van der Waals surface area (Å²) in [5, 5.41) is 1.31. The molecule has 0 radical (unpaired) electrons. The molecule has 0 amide bonds. The standard InChI is InChI=1S/C11H16O6Se/c1-6(12)15-9-4-18-5-10(16-7(2)13)11(9)17-8(3)14/h9-11H,4-5H2,1-3H3/t9-,10+,11+. The molecule has 0 spiro atoms. The average molecular weight is 323 g/mol. The zero-order chi connectivity index (χ0) is 13.7. The van der Waals surface area contributed by atoms with E-state index in [0.717, 1.165) is 0 Å². The molecule has 0 aromatic heterocycles. The van der Waals surface area contributed by atoms with Gasteiger partial charge in [-0.25, -0.2) is 0 Å². The quantitative estimate of drug-likeness (QED) is 0.423. The molecule has 6 nitrogen and oxygen atoms in total. The van der Waals surface area contributed by atoms with Crippen molar-refractivity contribution < 1.29 is 28.6 Å². The van der Waals surface area contributed by atoms with Gasteiger partial charge in [0.25, 0.3) is 0 Å². The molecule has 1 saturated heterocycles. The second-order valence-corrected chi connectivity index (χ2v) is 6.16. The Labute approximate surface area is 111 Å². The number of hydrogen-bond donors (Lipinski definition) is 0. The van der Waals surface area contributed by atoms with Gasteiger partial charge in [-0.15, -0.1) is 0 Å². The molecule has 1 heterocycles. The number of carbonyl (C=O) groups excluding carboxylic acids is 3. The summed E-state index contributed by atoms with van der Waals surface area (Å²) >= 11 is 0.191. The number of rotatable bonds is 3. The van der Waals surface area contributed by atoms with E-state index in [1.807, 2.05) is 0 Å². The van der Waals surface area contributed by atoms with Gasteiger partial charge in [-0.1, -0.05) is 0 Å². The molecule has 7 heteroatoms. The number of esters is 3. The minimum atomic E-state index is -0.703. The van der Waals surface area contributed by atoms with Crippen LogP contribution in [-0.4, -0.2) is 51.2 Å². The van der Waals surface area contributed by atoms with Crippen LogP contribution in [0.15, 0.2) is 0 Å². The molecule has 1 aliphatic rings. The van der Waals surface area contributed by atoms with Gasteiger partial charge in [0.05, 0.1) is 0 Å². The molecule has 1 fully saturated rings. The third kappa shape index (κ3) is 4.66. The summed E-state index contributed by atoms with van der Waals surface area (Å²) in [6, 6.07) is 0. The normalized spacial score (nSPS) is 27.2. The molecular weight excluding hydrogens is 307 g/mol. The van der Waals surface area contributed by atoms with E-state index in [2.05, 4.69) is 0 Å². The van der Waals surface area contributed by atoms with Gasteiger partial charge in [-0.2, -0.15) is 0 Å². The first kappa shape index (κ1) is 15.0. The second-order valence-electron chi connectivity index (χ2n) is 3.91. The molecule has 18 heavy (non-hydrogen) atoms. The first-order valence-corrected chi connectivity index (χ1v) is 7.92. The molecule has 0 aromatic rings. The molecule has 0 unspecified atom stereocenters. The number of carbonyl (C=O) groups is 3. The summed E-state index contributed by atoms with van der Waals surface area (Å²) in [5.74, 6) is -1.35. The molecule has 0 saturated carbocycles. The Balaban J connectivity index is 2.78. The predicted molar refractivity (Wildman–Crippen MR) is 62.0 cm³/mol. The van der Waals surface area contributed by atoms with Gasteiger partial charge in [-0.05, 0) is 0 Å². The molecular formula is C11H16O6Se. The van der Waals surface area contributed by atoms with E-state index >= 15 is 0 Å². The first-order valence-electron chi connectivity index (χ1n) is 5.49. The van der Waals surface area contributed by atoms with Gasteiger partial charge < -0.3 is 0 Å². The van der Waals surface area contributed by atoms with Crippen molar-refractivity contribution in [3.63, 3.8) is 0 Å². The number of hydrogen-bond acceptors (Lipinski definition) is 6. The van der Waals surface area contributed by atoms with Crippen LogP contribution in [0, 0.1) is 0 Å². The third-order valence-electron chi connectivity index (χ3n) is 2.23. The van der Waals surface area contributed by atoms with Crippen LogP contribution in [0.4, 0.5) is 0 Å². The van der Waals surface area contributed by atoms with E-state index in [4.69, 9.17) is 14.2 Å². The summed E-state index contributed by atoms with van der Waals surface area (Å²) in [7, 11) is 0. The molecule has 1 aliphatic heterocycles. The van der Waals surface area contributed by atoms with Gasteiger partial charge in [0.2, 0.25) is 0 Å². The Morgan fingerprint density at radius 2 is 1.22 bits per heavy atom.